The normalized spacial score (nSPS) is 12.8. The number of imidazole rings is 1. The van der Waals surface area contributed by atoms with Gasteiger partial charge in [0.25, 0.3) is 0 Å². The van der Waals surface area contributed by atoms with Crippen molar-refractivity contribution < 1.29 is 28.2 Å². The number of hydrogen-bond acceptors (Lipinski definition) is 3. The Kier molecular flexibility index (Phi) is 8.99. The summed E-state index contributed by atoms with van der Waals surface area (Å²) < 4.78 is 42.2. The van der Waals surface area contributed by atoms with Crippen molar-refractivity contribution in [3.8, 4) is 56.4 Å². The van der Waals surface area contributed by atoms with Gasteiger partial charge in [0.15, 0.2) is 0 Å². The van der Waals surface area contributed by atoms with E-state index < -0.39 is 6.98 Å². The Morgan fingerprint density at radius 2 is 1.07 bits per heavy atom. The summed E-state index contributed by atoms with van der Waals surface area (Å²) in [4.78, 5) is 7.04. The molecule has 3 aromatic heterocycles. The van der Waals surface area contributed by atoms with Crippen molar-refractivity contribution in [2.75, 3.05) is 4.81 Å². The van der Waals surface area contributed by atoms with Crippen molar-refractivity contribution in [2.45, 2.75) is 0 Å². The topological polar surface area (TPSA) is 40.1 Å². The van der Waals surface area contributed by atoms with Gasteiger partial charge in [-0.3, -0.25) is 0 Å². The summed E-state index contributed by atoms with van der Waals surface area (Å²) in [7, 11) is 0. The Labute approximate surface area is 409 Å². The van der Waals surface area contributed by atoms with Crippen LogP contribution in [0.25, 0.3) is 77.6 Å². The Morgan fingerprint density at radius 3 is 1.82 bits per heavy atom. The first-order chi connectivity index (χ1) is 34.9. The number of anilines is 2. The Bertz CT molecular complexity index is 4110. The van der Waals surface area contributed by atoms with E-state index in [1.54, 1.807) is 0 Å². The number of pyridine rings is 1. The first kappa shape index (κ1) is 36.9. The summed E-state index contributed by atoms with van der Waals surface area (Å²) >= 11 is 2.44. The van der Waals surface area contributed by atoms with E-state index in [9.17, 15) is 2.74 Å². The molecule has 0 amide bonds. The number of nitrogens with zero attached hydrogens (tertiary/aromatic N) is 5. The standard InChI is InChI=1S/C60H40BN5O.Pt/c1-4-18-42(19-5-1)43-36-38-45(39-37-43)50-28-15-27-49(44-20-6-2-7-21-44)59(50)64-41-63(54-31-12-13-32-55(54)64)47-24-14-25-48(40-47)67-58-35-17-34-57(62-58)65-56-33-16-29-52-51-26-10-11-30-53(51)66(60(52)56)61(65)46-22-8-3-9-23-46;/h1-40H;/i17D,34D,35D;. The van der Waals surface area contributed by atoms with E-state index in [1.807, 2.05) is 71.5 Å². The van der Waals surface area contributed by atoms with Crippen molar-refractivity contribution in [3.63, 3.8) is 0 Å². The summed E-state index contributed by atoms with van der Waals surface area (Å²) in [5.74, 6) is 0.623. The van der Waals surface area contributed by atoms with Gasteiger partial charge >= 0.3 is 328 Å². The van der Waals surface area contributed by atoms with Gasteiger partial charge in [0.1, 0.15) is 0 Å². The third kappa shape index (κ3) is 6.61. The van der Waals surface area contributed by atoms with E-state index in [2.05, 4.69) is 191 Å². The molecule has 0 saturated heterocycles. The summed E-state index contributed by atoms with van der Waals surface area (Å²) in [5.41, 5.74) is 14.6. The zero-order chi connectivity index (χ0) is 47.7. The van der Waals surface area contributed by atoms with E-state index in [4.69, 9.17) is 11.1 Å². The fourth-order valence-electron chi connectivity index (χ4n) is 10.0. The van der Waals surface area contributed by atoms with Crippen LogP contribution in [0.5, 0.6) is 11.6 Å². The molecule has 0 aliphatic carbocycles. The molecular formula is C60H40BN5OPt. The van der Waals surface area contributed by atoms with E-state index in [0.29, 0.717) is 5.75 Å². The second-order valence-electron chi connectivity index (χ2n) is 16.8. The summed E-state index contributed by atoms with van der Waals surface area (Å²) in [5, 5.41) is 2.23. The Morgan fingerprint density at radius 1 is 0.500 bits per heavy atom. The minimum atomic E-state index is -0.420. The SMILES string of the molecule is [2H]c1c(Oc2cccc(-n3[c](=[Pt])n(-c4c(-c5ccccc5)cccc4-c4ccc(-c5ccccc5)cc4)c4ccccc43)c2)nc(N2B(c3ccccc3)n3c4ccccc4c4cccc2c43)c([2H])c1[2H]. The molecule has 0 saturated carbocycles. The van der Waals surface area contributed by atoms with Crippen LogP contribution in [0.1, 0.15) is 4.11 Å². The molecule has 13 rings (SSSR count). The number of hydrogen-bond donors (Lipinski definition) is 0. The van der Waals surface area contributed by atoms with Crippen LogP contribution in [0.3, 0.4) is 0 Å². The van der Waals surface area contributed by atoms with Crippen LogP contribution in [0.15, 0.2) is 243 Å². The van der Waals surface area contributed by atoms with Crippen molar-refractivity contribution in [1.29, 1.82) is 0 Å². The van der Waals surface area contributed by atoms with Crippen LogP contribution in [0.2, 0.25) is 0 Å². The number of rotatable bonds is 9. The molecule has 0 fully saturated rings. The van der Waals surface area contributed by atoms with Gasteiger partial charge in [-0.25, -0.2) is 0 Å². The van der Waals surface area contributed by atoms with Gasteiger partial charge in [-0.15, -0.1) is 0 Å². The third-order valence-corrected chi connectivity index (χ3v) is 14.0. The van der Waals surface area contributed by atoms with Gasteiger partial charge in [-0.2, -0.15) is 0 Å². The molecule has 0 spiro atoms. The fourth-order valence-corrected chi connectivity index (χ4v) is 11.1. The molecule has 1 aliphatic heterocycles. The van der Waals surface area contributed by atoms with Gasteiger partial charge < -0.3 is 0 Å². The first-order valence-corrected chi connectivity index (χ1v) is 23.7. The molecule has 9 aromatic carbocycles. The van der Waals surface area contributed by atoms with Crippen LogP contribution in [0, 0.1) is 3.80 Å². The third-order valence-electron chi connectivity index (χ3n) is 13.0. The van der Waals surface area contributed by atoms with E-state index in [0.717, 1.165) is 87.0 Å². The van der Waals surface area contributed by atoms with Gasteiger partial charge in [-0.05, 0) is 6.07 Å². The second kappa shape index (κ2) is 16.6. The average molecular weight is 1060 g/mol. The summed E-state index contributed by atoms with van der Waals surface area (Å²) in [6.45, 7) is -0.420. The maximum absolute atomic E-state index is 9.37. The van der Waals surface area contributed by atoms with Crippen molar-refractivity contribution in [3.05, 3.63) is 246 Å². The van der Waals surface area contributed by atoms with E-state index >= 15 is 0 Å². The van der Waals surface area contributed by atoms with Crippen molar-refractivity contribution >= 4 is 56.8 Å². The predicted molar refractivity (Wildman–Crippen MR) is 275 cm³/mol. The van der Waals surface area contributed by atoms with E-state index in [-0.39, 0.29) is 29.8 Å². The van der Waals surface area contributed by atoms with E-state index in [1.165, 1.54) is 5.56 Å². The molecule has 4 heterocycles. The molecule has 68 heavy (non-hydrogen) atoms. The van der Waals surface area contributed by atoms with Crippen LogP contribution in [-0.4, -0.2) is 25.6 Å². The Hall–Kier alpha value is -8.25. The Balaban J connectivity index is 0.936. The van der Waals surface area contributed by atoms with Crippen LogP contribution in [-0.2, 0) is 19.4 Å². The minimum absolute atomic E-state index is 0.0550. The molecule has 0 atom stereocenters. The molecule has 0 bridgehead atoms. The molecular weight excluding hydrogens is 1010 g/mol. The summed E-state index contributed by atoms with van der Waals surface area (Å²) in [6.07, 6.45) is 0. The predicted octanol–water partition coefficient (Wildman–Crippen LogP) is 14.2. The molecule has 1 aliphatic rings. The fraction of sp³-hybridized carbons (Fsp3) is 0. The van der Waals surface area contributed by atoms with Gasteiger partial charge in [0.2, 0.25) is 0 Å². The molecule has 6 nitrogen and oxygen atoms in total. The van der Waals surface area contributed by atoms with Gasteiger partial charge in [0.05, 0.1) is 0 Å². The zero-order valence-electron chi connectivity index (χ0n) is 39.4. The number of para-hydroxylation sites is 5. The molecule has 0 unspecified atom stereocenters. The first-order valence-electron chi connectivity index (χ1n) is 24.1. The molecule has 0 N–H and O–H groups in total. The van der Waals surface area contributed by atoms with Gasteiger partial charge in [0, 0.05) is 16.3 Å². The zero-order valence-corrected chi connectivity index (χ0v) is 38.7. The van der Waals surface area contributed by atoms with Crippen LogP contribution < -0.4 is 15.0 Å². The number of benzene rings is 9. The summed E-state index contributed by atoms with van der Waals surface area (Å²) in [6, 6.07) is 76.7. The molecule has 0 radical (unpaired) electrons. The molecule has 324 valence electrons. The molecule has 8 heteroatoms. The number of aromatic nitrogens is 4. The number of fused-ring (bicyclic) bond motifs is 4. The van der Waals surface area contributed by atoms with Crippen LogP contribution >= 0.6 is 0 Å². The monoisotopic (exact) mass is 1060 g/mol. The quantitative estimate of drug-likeness (QED) is 0.135. The second-order valence-corrected chi connectivity index (χ2v) is 17.9. The van der Waals surface area contributed by atoms with Crippen molar-refractivity contribution in [2.24, 2.45) is 0 Å². The van der Waals surface area contributed by atoms with Gasteiger partial charge in [-0.1, -0.05) is 60.7 Å². The average Bonchev–Trinajstić information content (AvgIpc) is 4.06. The molecule has 12 aromatic rings. The van der Waals surface area contributed by atoms with Crippen LogP contribution in [0.4, 0.5) is 11.5 Å². The van der Waals surface area contributed by atoms with Crippen molar-refractivity contribution in [1.82, 2.24) is 18.6 Å². The maximum atomic E-state index is 9.37. The number of ether oxygens (including phenoxy) is 1.